The molecule has 0 bridgehead atoms. The molecule has 8 rings (SSSR count). The van der Waals surface area contributed by atoms with Crippen LogP contribution in [0.2, 0.25) is 0 Å². The van der Waals surface area contributed by atoms with Gasteiger partial charge in [-0.2, -0.15) is 79.7 Å². The van der Waals surface area contributed by atoms with Gasteiger partial charge in [-0.15, -0.1) is 12.4 Å². The highest BCUT2D eigenvalue weighted by atomic mass is 35.5. The number of nitrogens with one attached hydrogen (secondary N) is 1. The summed E-state index contributed by atoms with van der Waals surface area (Å²) in [6, 6.07) is 21.6. The molecule has 4 N–H and O–H groups in total. The molecule has 0 radical (unpaired) electrons. The van der Waals surface area contributed by atoms with Crippen molar-refractivity contribution in [3.8, 4) is 0 Å². The molecule has 4 aromatic heterocycles. The summed E-state index contributed by atoms with van der Waals surface area (Å²) in [5.41, 5.74) is -7.14. The van der Waals surface area contributed by atoms with E-state index in [0.29, 0.717) is 36.2 Å². The topological polar surface area (TPSA) is 233 Å². The number of imidazole rings is 2. The average Bonchev–Trinajstić information content (AvgIpc) is 3.95. The maximum absolute atomic E-state index is 13.4. The number of carboxylic acids is 1. The Morgan fingerprint density at radius 3 is 1.32 bits per heavy atom. The first-order valence-electron chi connectivity index (χ1n) is 20.2. The SMILES string of the molecule is Cl.NCc1ccc(N2CCN(S(=O)(=O)C(F)(F)F)C=N2)cc1.O=C(NCc1ccc(N2CCN(S(=O)(=O)C(F)(F)F)C=N2)cc1)c1c(C(F)(F)F)nc2ccccn12.O=C(O)c1c(C(F)(F)F)nc2ccccn12. The molecule has 6 aromatic rings. The van der Waals surface area contributed by atoms with Crippen molar-refractivity contribution >= 4 is 79.7 Å². The number of hydrazone groups is 2. The van der Waals surface area contributed by atoms with E-state index in [1.54, 1.807) is 24.3 Å². The number of fused-ring (bicyclic) bond motifs is 2. The number of rotatable bonds is 9. The molecular weight excluding hydrogens is 1090 g/mol. The fraction of sp³-hybridized carbons (Fsp3) is 0.250. The predicted octanol–water partition coefficient (Wildman–Crippen LogP) is 6.73. The van der Waals surface area contributed by atoms with E-state index in [9.17, 15) is 79.1 Å². The summed E-state index contributed by atoms with van der Waals surface area (Å²) in [4.78, 5) is 30.2. The molecule has 6 heterocycles. The van der Waals surface area contributed by atoms with Gasteiger partial charge in [-0.25, -0.2) is 23.4 Å². The number of benzene rings is 2. The third-order valence-corrected chi connectivity index (χ3v) is 13.0. The molecule has 74 heavy (non-hydrogen) atoms. The van der Waals surface area contributed by atoms with Gasteiger partial charge in [0.25, 0.3) is 5.91 Å². The number of nitrogens with zero attached hydrogens (tertiary/aromatic N) is 10. The number of halogens is 13. The van der Waals surface area contributed by atoms with Crippen LogP contribution in [0.5, 0.6) is 0 Å². The highest BCUT2D eigenvalue weighted by Gasteiger charge is 2.51. The molecule has 0 saturated heterocycles. The van der Waals surface area contributed by atoms with Crippen molar-refractivity contribution in [1.29, 1.82) is 0 Å². The minimum Gasteiger partial charge on any atom is -0.476 e. The number of hydrogen-bond acceptors (Lipinski definition) is 13. The van der Waals surface area contributed by atoms with Crippen molar-refractivity contribution in [1.82, 2.24) is 32.7 Å². The van der Waals surface area contributed by atoms with Crippen LogP contribution in [0.25, 0.3) is 11.3 Å². The Kier molecular flexibility index (Phi) is 17.1. The number of carbonyl (C=O) groups is 2. The van der Waals surface area contributed by atoms with Crippen LogP contribution in [0.15, 0.2) is 108 Å². The monoisotopic (exact) mass is 1120 g/mol. The quantitative estimate of drug-likeness (QED) is 0.128. The van der Waals surface area contributed by atoms with Gasteiger partial charge in [-0.1, -0.05) is 36.4 Å². The first-order chi connectivity index (χ1) is 33.9. The van der Waals surface area contributed by atoms with Crippen LogP contribution in [0, 0.1) is 0 Å². The third-order valence-electron chi connectivity index (χ3n) is 10.1. The molecule has 1 amide bonds. The summed E-state index contributed by atoms with van der Waals surface area (Å²) in [6.45, 7) is -0.698. The number of sulfonamides is 2. The number of aromatic carboxylic acids is 1. The average molecular weight is 1120 g/mol. The van der Waals surface area contributed by atoms with Crippen LogP contribution in [0.4, 0.5) is 64.1 Å². The zero-order valence-electron chi connectivity index (χ0n) is 36.8. The molecule has 19 nitrogen and oxygen atoms in total. The third kappa shape index (κ3) is 12.7. The van der Waals surface area contributed by atoms with Crippen molar-refractivity contribution in [2.45, 2.75) is 36.5 Å². The Hall–Kier alpha value is -7.39. The minimum atomic E-state index is -5.53. The molecular formula is C40H35ClF12N12O7S2. The van der Waals surface area contributed by atoms with E-state index in [0.717, 1.165) is 14.4 Å². The second-order valence-corrected chi connectivity index (χ2v) is 18.6. The van der Waals surface area contributed by atoms with Gasteiger partial charge in [0, 0.05) is 25.5 Å². The maximum Gasteiger partial charge on any atom is 0.516 e. The molecule has 0 saturated carbocycles. The van der Waals surface area contributed by atoms with Crippen LogP contribution >= 0.6 is 12.4 Å². The van der Waals surface area contributed by atoms with Crippen molar-refractivity contribution in [3.63, 3.8) is 0 Å². The Morgan fingerprint density at radius 2 is 0.973 bits per heavy atom. The van der Waals surface area contributed by atoms with E-state index in [1.165, 1.54) is 83.1 Å². The van der Waals surface area contributed by atoms with Crippen LogP contribution in [0.3, 0.4) is 0 Å². The minimum absolute atomic E-state index is 0. The van der Waals surface area contributed by atoms with E-state index in [2.05, 4.69) is 25.5 Å². The maximum atomic E-state index is 13.4. The van der Waals surface area contributed by atoms with E-state index in [4.69, 9.17) is 10.8 Å². The fourth-order valence-electron chi connectivity index (χ4n) is 6.54. The molecule has 0 spiro atoms. The van der Waals surface area contributed by atoms with Crippen LogP contribution in [0.1, 0.15) is 43.5 Å². The molecule has 0 unspecified atom stereocenters. The molecule has 2 aliphatic heterocycles. The number of alkyl halides is 12. The molecule has 2 aromatic carbocycles. The van der Waals surface area contributed by atoms with Gasteiger partial charge in [0.1, 0.15) is 29.7 Å². The summed E-state index contributed by atoms with van der Waals surface area (Å²) in [5.74, 6) is -2.65. The zero-order chi connectivity index (χ0) is 53.9. The van der Waals surface area contributed by atoms with Gasteiger partial charge in [0.05, 0.1) is 37.6 Å². The highest BCUT2D eigenvalue weighted by molar-refractivity contribution is 7.90. The van der Waals surface area contributed by atoms with Crippen LogP contribution < -0.4 is 21.1 Å². The summed E-state index contributed by atoms with van der Waals surface area (Å²) in [6.07, 6.45) is -5.87. The Bertz CT molecular complexity index is 3260. The van der Waals surface area contributed by atoms with Crippen molar-refractivity contribution < 1.29 is 84.2 Å². The van der Waals surface area contributed by atoms with Gasteiger partial charge < -0.3 is 16.2 Å². The molecule has 0 aliphatic carbocycles. The summed E-state index contributed by atoms with van der Waals surface area (Å²) >= 11 is 0. The van der Waals surface area contributed by atoms with Gasteiger partial charge >= 0.3 is 49.4 Å². The standard InChI is InChI=1S/C20H16F6N6O3S.C11H13F3N4O2S.C9H5F3N2O2.ClH/c21-19(22,23)17-16(31-8-2-1-3-15(31)29-17)18(33)27-11-13-4-6-14(7-5-13)32-10-9-30(12-28-32)36(34,35)20(24,25)26;12-11(13,14)21(19,20)17-5-6-18(16-8-17)10-3-1-9(7-15)2-4-10;10-9(11,12)7-6(8(15)16)14-4-2-1-3-5(14)13-7;/h1-8,12H,9-11H2,(H,27,33);1-4,8H,5-7,15H2;1-4H,(H,15,16);1H. The first-order valence-corrected chi connectivity index (χ1v) is 23.1. The predicted molar refractivity (Wildman–Crippen MR) is 242 cm³/mol. The second kappa shape index (κ2) is 22.0. The lowest BCUT2D eigenvalue weighted by Gasteiger charge is -2.29. The number of anilines is 2. The number of carboxylic acid groups (broad SMARTS) is 1. The molecule has 2 aliphatic rings. The van der Waals surface area contributed by atoms with Crippen molar-refractivity contribution in [2.24, 2.45) is 15.9 Å². The first kappa shape index (κ1) is 57.5. The lowest BCUT2D eigenvalue weighted by atomic mass is 10.2. The van der Waals surface area contributed by atoms with Crippen molar-refractivity contribution in [3.05, 3.63) is 131 Å². The molecule has 400 valence electrons. The fourth-order valence-corrected chi connectivity index (χ4v) is 8.05. The number of aromatic nitrogens is 4. The summed E-state index contributed by atoms with van der Waals surface area (Å²) in [5, 5.41) is 21.3. The lowest BCUT2D eigenvalue weighted by molar-refractivity contribution is -0.142. The highest BCUT2D eigenvalue weighted by Crippen LogP contribution is 2.34. The van der Waals surface area contributed by atoms with E-state index < -0.39 is 84.6 Å². The Labute approximate surface area is 415 Å². The molecule has 0 atom stereocenters. The van der Waals surface area contributed by atoms with Crippen LogP contribution in [-0.2, 0) is 45.5 Å². The smallest absolute Gasteiger partial charge is 0.476 e. The van der Waals surface area contributed by atoms with Gasteiger partial charge in [0.2, 0.25) is 0 Å². The summed E-state index contributed by atoms with van der Waals surface area (Å²) in [7, 11) is -10.9. The van der Waals surface area contributed by atoms with Crippen LogP contribution in [-0.4, -0.2) is 111 Å². The largest absolute Gasteiger partial charge is 0.516 e. The number of pyridine rings is 2. The molecule has 34 heteroatoms. The summed E-state index contributed by atoms with van der Waals surface area (Å²) < 4.78 is 201. The normalized spacial score (nSPS) is 14.5. The number of amides is 1. The zero-order valence-corrected chi connectivity index (χ0v) is 39.3. The van der Waals surface area contributed by atoms with Crippen molar-refractivity contribution in [2.75, 3.05) is 36.2 Å². The number of hydrogen-bond donors (Lipinski definition) is 3. The van der Waals surface area contributed by atoms with E-state index in [1.807, 2.05) is 0 Å². The second-order valence-electron chi connectivity index (χ2n) is 14.8. The van der Waals surface area contributed by atoms with Gasteiger partial charge in [-0.05, 0) is 59.7 Å². The number of nitrogens with two attached hydrogens (primary N) is 1. The Morgan fingerprint density at radius 1 is 0.581 bits per heavy atom. The number of carbonyl (C=O) groups excluding carboxylic acids is 1. The molecule has 0 fully saturated rings. The van der Waals surface area contributed by atoms with E-state index in [-0.39, 0.29) is 58.5 Å². The lowest BCUT2D eigenvalue weighted by Crippen LogP contribution is -2.46. The Balaban J connectivity index is 0.000000225. The van der Waals surface area contributed by atoms with Gasteiger partial charge in [0.15, 0.2) is 17.1 Å². The van der Waals surface area contributed by atoms with Gasteiger partial charge in [-0.3, -0.25) is 23.6 Å². The van der Waals surface area contributed by atoms with E-state index >= 15 is 0 Å².